The predicted molar refractivity (Wildman–Crippen MR) is 53.8 cm³/mol. The van der Waals surface area contributed by atoms with Crippen molar-refractivity contribution in [3.05, 3.63) is 24.8 Å². The molecule has 0 fully saturated rings. The van der Waals surface area contributed by atoms with Crippen molar-refractivity contribution in [1.29, 1.82) is 0 Å². The van der Waals surface area contributed by atoms with E-state index in [2.05, 4.69) is 15.1 Å². The maximum Gasteiger partial charge on any atom is 0.127 e. The van der Waals surface area contributed by atoms with Gasteiger partial charge >= 0.3 is 0 Å². The minimum Gasteiger partial charge on any atom is -0.384 e. The van der Waals surface area contributed by atoms with Crippen molar-refractivity contribution in [2.45, 2.75) is 9.92 Å². The summed E-state index contributed by atoms with van der Waals surface area (Å²) in [6.07, 6.45) is 5.15. The average Bonchev–Trinajstić information content (AvgIpc) is 2.51. The van der Waals surface area contributed by atoms with Gasteiger partial charge in [0, 0.05) is 19.3 Å². The number of nitrogens with zero attached hydrogens (tertiary/aromatic N) is 4. The molecule has 0 saturated heterocycles. The topological polar surface area (TPSA) is 69.6 Å². The average molecular weight is 207 g/mol. The van der Waals surface area contributed by atoms with Crippen molar-refractivity contribution in [2.75, 3.05) is 5.73 Å². The van der Waals surface area contributed by atoms with Crippen LogP contribution in [0, 0.1) is 0 Å². The molecule has 0 amide bonds. The fraction of sp³-hybridized carbons (Fsp3) is 0.125. The van der Waals surface area contributed by atoms with Gasteiger partial charge in [0.1, 0.15) is 17.2 Å². The van der Waals surface area contributed by atoms with E-state index in [-0.39, 0.29) is 0 Å². The smallest absolute Gasteiger partial charge is 0.127 e. The maximum atomic E-state index is 5.53. The lowest BCUT2D eigenvalue weighted by Gasteiger charge is -1.96. The lowest BCUT2D eigenvalue weighted by Crippen LogP contribution is -1.90. The molecule has 0 radical (unpaired) electrons. The molecular weight excluding hydrogens is 198 g/mol. The summed E-state index contributed by atoms with van der Waals surface area (Å²) in [6, 6.07) is 1.73. The van der Waals surface area contributed by atoms with Crippen LogP contribution in [0.4, 0.5) is 5.82 Å². The number of hydrogen-bond donors (Lipinski definition) is 1. The van der Waals surface area contributed by atoms with Gasteiger partial charge in [-0.05, 0) is 0 Å². The molecule has 2 aromatic rings. The highest BCUT2D eigenvalue weighted by atomic mass is 32.2. The monoisotopic (exact) mass is 207 g/mol. The molecule has 0 aliphatic rings. The second-order valence-electron chi connectivity index (χ2n) is 2.73. The van der Waals surface area contributed by atoms with E-state index in [1.54, 1.807) is 16.9 Å². The lowest BCUT2D eigenvalue weighted by molar-refractivity contribution is 0.766. The summed E-state index contributed by atoms with van der Waals surface area (Å²) in [6.45, 7) is 0. The molecule has 0 aliphatic heterocycles. The van der Waals surface area contributed by atoms with Crippen LogP contribution in [0.3, 0.4) is 0 Å². The number of aromatic nitrogens is 4. The van der Waals surface area contributed by atoms with E-state index >= 15 is 0 Å². The van der Waals surface area contributed by atoms with E-state index in [1.807, 2.05) is 13.2 Å². The van der Waals surface area contributed by atoms with E-state index in [9.17, 15) is 0 Å². The molecule has 2 rings (SSSR count). The number of nitrogens with two attached hydrogens (primary N) is 1. The highest BCUT2D eigenvalue weighted by Gasteiger charge is 2.01. The Kier molecular flexibility index (Phi) is 2.36. The van der Waals surface area contributed by atoms with E-state index < -0.39 is 0 Å². The zero-order valence-corrected chi connectivity index (χ0v) is 8.40. The van der Waals surface area contributed by atoms with Crippen molar-refractivity contribution in [3.63, 3.8) is 0 Å². The summed E-state index contributed by atoms with van der Waals surface area (Å²) >= 11 is 1.51. The van der Waals surface area contributed by atoms with Crippen LogP contribution in [0.25, 0.3) is 0 Å². The Morgan fingerprint density at radius 1 is 1.43 bits per heavy atom. The molecule has 72 valence electrons. The Labute approximate surface area is 85.4 Å². The molecule has 0 atom stereocenters. The van der Waals surface area contributed by atoms with Gasteiger partial charge < -0.3 is 5.73 Å². The zero-order chi connectivity index (χ0) is 9.97. The molecule has 0 aliphatic carbocycles. The Morgan fingerprint density at radius 3 is 2.93 bits per heavy atom. The minimum atomic E-state index is 0.478. The summed E-state index contributed by atoms with van der Waals surface area (Å²) in [5, 5.41) is 4.88. The quantitative estimate of drug-likeness (QED) is 0.742. The number of nitrogen functional groups attached to an aromatic ring is 1. The SMILES string of the molecule is Cn1cc(Sc2cc(N)ncn2)cn1. The van der Waals surface area contributed by atoms with E-state index in [0.717, 1.165) is 9.92 Å². The van der Waals surface area contributed by atoms with Crippen LogP contribution in [0.15, 0.2) is 34.7 Å². The largest absolute Gasteiger partial charge is 0.384 e. The number of rotatable bonds is 2. The maximum absolute atomic E-state index is 5.53. The third-order valence-corrected chi connectivity index (χ3v) is 2.45. The molecule has 2 aromatic heterocycles. The first kappa shape index (κ1) is 9.01. The van der Waals surface area contributed by atoms with Crippen LogP contribution in [0.2, 0.25) is 0 Å². The van der Waals surface area contributed by atoms with Gasteiger partial charge in [0.25, 0.3) is 0 Å². The summed E-state index contributed by atoms with van der Waals surface area (Å²) in [7, 11) is 1.87. The molecule has 2 heterocycles. The summed E-state index contributed by atoms with van der Waals surface area (Å²) in [5.74, 6) is 0.478. The first-order chi connectivity index (χ1) is 6.74. The van der Waals surface area contributed by atoms with Gasteiger partial charge in [-0.3, -0.25) is 4.68 Å². The standard InChI is InChI=1S/C8H9N5S/c1-13-4-6(3-12-13)14-8-2-7(9)10-5-11-8/h2-5H,1H3,(H2,9,10,11). The Hall–Kier alpha value is -1.56. The fourth-order valence-electron chi connectivity index (χ4n) is 0.982. The van der Waals surface area contributed by atoms with Crippen molar-refractivity contribution < 1.29 is 0 Å². The minimum absolute atomic E-state index is 0.478. The van der Waals surface area contributed by atoms with Gasteiger partial charge in [-0.2, -0.15) is 5.10 Å². The molecule has 5 nitrogen and oxygen atoms in total. The molecule has 0 unspecified atom stereocenters. The fourth-order valence-corrected chi connectivity index (χ4v) is 1.81. The van der Waals surface area contributed by atoms with E-state index in [1.165, 1.54) is 18.1 Å². The third kappa shape index (κ3) is 2.02. The highest BCUT2D eigenvalue weighted by Crippen LogP contribution is 2.25. The van der Waals surface area contributed by atoms with Gasteiger partial charge in [0.15, 0.2) is 0 Å². The molecule has 0 saturated carbocycles. The van der Waals surface area contributed by atoms with Crippen molar-refractivity contribution in [1.82, 2.24) is 19.7 Å². The van der Waals surface area contributed by atoms with Crippen LogP contribution < -0.4 is 5.73 Å². The van der Waals surface area contributed by atoms with Crippen LogP contribution in [0.1, 0.15) is 0 Å². The Morgan fingerprint density at radius 2 is 2.29 bits per heavy atom. The molecule has 14 heavy (non-hydrogen) atoms. The van der Waals surface area contributed by atoms with Crippen molar-refractivity contribution in [3.8, 4) is 0 Å². The van der Waals surface area contributed by atoms with Gasteiger partial charge in [-0.1, -0.05) is 11.8 Å². The first-order valence-corrected chi connectivity index (χ1v) is 4.80. The Bertz CT molecular complexity index is 439. The Balaban J connectivity index is 2.18. The molecule has 0 spiro atoms. The van der Waals surface area contributed by atoms with Crippen molar-refractivity contribution >= 4 is 17.6 Å². The van der Waals surface area contributed by atoms with Gasteiger partial charge in [0.05, 0.1) is 11.1 Å². The summed E-state index contributed by atoms with van der Waals surface area (Å²) in [4.78, 5) is 8.93. The highest BCUT2D eigenvalue weighted by molar-refractivity contribution is 7.99. The van der Waals surface area contributed by atoms with Gasteiger partial charge in [-0.15, -0.1) is 0 Å². The number of aryl methyl sites for hydroxylation is 1. The van der Waals surface area contributed by atoms with Crippen LogP contribution >= 0.6 is 11.8 Å². The molecule has 2 N–H and O–H groups in total. The number of anilines is 1. The van der Waals surface area contributed by atoms with E-state index in [4.69, 9.17) is 5.73 Å². The van der Waals surface area contributed by atoms with E-state index in [0.29, 0.717) is 5.82 Å². The van der Waals surface area contributed by atoms with Crippen LogP contribution in [0.5, 0.6) is 0 Å². The second kappa shape index (κ2) is 3.67. The normalized spacial score (nSPS) is 10.4. The third-order valence-electron chi connectivity index (χ3n) is 1.57. The number of hydrogen-bond acceptors (Lipinski definition) is 5. The zero-order valence-electron chi connectivity index (χ0n) is 7.58. The van der Waals surface area contributed by atoms with Crippen LogP contribution in [-0.2, 0) is 7.05 Å². The summed E-state index contributed by atoms with van der Waals surface area (Å²) in [5.41, 5.74) is 5.53. The molecule has 0 bridgehead atoms. The second-order valence-corrected chi connectivity index (χ2v) is 3.83. The molecular formula is C8H9N5S. The first-order valence-electron chi connectivity index (χ1n) is 3.98. The molecule has 0 aromatic carbocycles. The van der Waals surface area contributed by atoms with Gasteiger partial charge in [-0.25, -0.2) is 9.97 Å². The van der Waals surface area contributed by atoms with Crippen LogP contribution in [-0.4, -0.2) is 19.7 Å². The molecule has 6 heteroatoms. The predicted octanol–water partition coefficient (Wildman–Crippen LogP) is 0.944. The van der Waals surface area contributed by atoms with Gasteiger partial charge in [0.2, 0.25) is 0 Å². The summed E-state index contributed by atoms with van der Waals surface area (Å²) < 4.78 is 1.74. The lowest BCUT2D eigenvalue weighted by atomic mass is 10.6. The van der Waals surface area contributed by atoms with Crippen molar-refractivity contribution in [2.24, 2.45) is 7.05 Å².